The van der Waals surface area contributed by atoms with Crippen LogP contribution in [0, 0.1) is 11.8 Å². The van der Waals surface area contributed by atoms with Crippen LogP contribution in [0.3, 0.4) is 0 Å². The first-order chi connectivity index (χ1) is 17.7. The third-order valence-electron chi connectivity index (χ3n) is 6.45. The Morgan fingerprint density at radius 1 is 0.842 bits per heavy atom. The van der Waals surface area contributed by atoms with Crippen molar-refractivity contribution >= 4 is 17.9 Å². The third-order valence-corrected chi connectivity index (χ3v) is 6.45. The fraction of sp³-hybridized carbons (Fsp3) is 0.500. The maximum Gasteiger partial charge on any atom is 0.407 e. The topological polar surface area (TPSA) is 105 Å². The monoisotopic (exact) mass is 524 g/mol. The van der Waals surface area contributed by atoms with Crippen LogP contribution in [0.1, 0.15) is 61.8 Å². The molecule has 2 unspecified atom stereocenters. The molecule has 8 nitrogen and oxygen atoms in total. The molecule has 2 saturated heterocycles. The van der Waals surface area contributed by atoms with E-state index in [2.05, 4.69) is 5.32 Å². The fourth-order valence-electron chi connectivity index (χ4n) is 4.46. The van der Waals surface area contributed by atoms with E-state index in [-0.39, 0.29) is 25.2 Å². The number of hydrogen-bond acceptors (Lipinski definition) is 5. The second kappa shape index (κ2) is 14.5. The van der Waals surface area contributed by atoms with E-state index in [4.69, 9.17) is 10.5 Å². The van der Waals surface area contributed by atoms with Gasteiger partial charge in [0, 0.05) is 43.9 Å². The molecule has 8 heteroatoms. The van der Waals surface area contributed by atoms with Crippen LogP contribution in [0.25, 0.3) is 0 Å². The molecule has 0 bridgehead atoms. The second-order valence-electron chi connectivity index (χ2n) is 10.7. The van der Waals surface area contributed by atoms with Crippen molar-refractivity contribution in [3.8, 4) is 0 Å². The fourth-order valence-corrected chi connectivity index (χ4v) is 4.46. The number of carbonyl (C=O) groups is 3. The minimum absolute atomic E-state index is 0. The molecule has 0 aliphatic carbocycles. The molecule has 2 aliphatic rings. The number of rotatable bonds is 5. The van der Waals surface area contributed by atoms with Crippen LogP contribution in [-0.4, -0.2) is 72.6 Å². The Labute approximate surface area is 227 Å². The Morgan fingerprint density at radius 3 is 1.71 bits per heavy atom. The van der Waals surface area contributed by atoms with Crippen LogP contribution in [0.15, 0.2) is 60.7 Å². The Kier molecular flexibility index (Phi) is 11.8. The predicted octanol–water partition coefficient (Wildman–Crippen LogP) is 4.42. The van der Waals surface area contributed by atoms with Gasteiger partial charge in [-0.3, -0.25) is 9.59 Å². The lowest BCUT2D eigenvalue weighted by Gasteiger charge is -2.21. The van der Waals surface area contributed by atoms with Gasteiger partial charge in [-0.15, -0.1) is 0 Å². The number of amides is 3. The zero-order valence-corrected chi connectivity index (χ0v) is 22.2. The van der Waals surface area contributed by atoms with Gasteiger partial charge in [-0.1, -0.05) is 43.8 Å². The normalized spacial score (nSPS) is 18.6. The SMILES string of the molecule is C.CC(C)(C)OC(=O)NCC1CCN(C(=O)c2ccccc2)C1.NCC1CCN(C(=O)c2ccccc2)C1. The van der Waals surface area contributed by atoms with E-state index < -0.39 is 11.7 Å². The minimum atomic E-state index is -0.491. The molecule has 2 aliphatic heterocycles. The molecule has 2 heterocycles. The minimum Gasteiger partial charge on any atom is -0.444 e. The summed E-state index contributed by atoms with van der Waals surface area (Å²) in [5, 5.41) is 2.78. The first-order valence-electron chi connectivity index (χ1n) is 13.0. The average molecular weight is 525 g/mol. The van der Waals surface area contributed by atoms with Gasteiger partial charge in [0.15, 0.2) is 0 Å². The molecule has 4 rings (SSSR count). The van der Waals surface area contributed by atoms with Crippen LogP contribution >= 0.6 is 0 Å². The number of likely N-dealkylation sites (tertiary alicyclic amines) is 2. The number of alkyl carbamates (subject to hydrolysis) is 1. The standard InChI is InChI=1S/C17H24N2O3.C12H16N2O.CH4/c1-17(2,3)22-16(21)18-11-13-9-10-19(12-13)15(20)14-7-5-4-6-8-14;13-8-10-6-7-14(9-10)12(15)11-4-2-1-3-5-11;/h4-8,13H,9-12H2,1-3H3,(H,18,21);1-5,10H,6-9,13H2;1H4. The molecule has 3 N–H and O–H groups in total. The highest BCUT2D eigenvalue weighted by atomic mass is 16.6. The molecule has 0 spiro atoms. The Morgan fingerprint density at radius 2 is 1.29 bits per heavy atom. The summed E-state index contributed by atoms with van der Waals surface area (Å²) in [4.78, 5) is 39.7. The van der Waals surface area contributed by atoms with Crippen molar-refractivity contribution in [1.29, 1.82) is 0 Å². The molecule has 0 radical (unpaired) electrons. The molecule has 0 aromatic heterocycles. The van der Waals surface area contributed by atoms with Gasteiger partial charge < -0.3 is 25.6 Å². The molecular formula is C30H44N4O4. The zero-order chi connectivity index (χ0) is 26.8. The third kappa shape index (κ3) is 9.49. The van der Waals surface area contributed by atoms with Crippen molar-refractivity contribution in [2.75, 3.05) is 39.3 Å². The predicted molar refractivity (Wildman–Crippen MR) is 151 cm³/mol. The summed E-state index contributed by atoms with van der Waals surface area (Å²) in [5.41, 5.74) is 6.59. The van der Waals surface area contributed by atoms with E-state index in [0.717, 1.165) is 38.0 Å². The first kappa shape index (κ1) is 30.8. The summed E-state index contributed by atoms with van der Waals surface area (Å²) < 4.78 is 5.21. The van der Waals surface area contributed by atoms with E-state index in [9.17, 15) is 14.4 Å². The summed E-state index contributed by atoms with van der Waals surface area (Å²) in [6.45, 7) is 9.77. The van der Waals surface area contributed by atoms with E-state index in [1.54, 1.807) is 0 Å². The van der Waals surface area contributed by atoms with Gasteiger partial charge >= 0.3 is 6.09 Å². The van der Waals surface area contributed by atoms with Gasteiger partial charge in [0.1, 0.15) is 5.60 Å². The van der Waals surface area contributed by atoms with Crippen LogP contribution in [0.4, 0.5) is 4.79 Å². The van der Waals surface area contributed by atoms with Crippen LogP contribution < -0.4 is 11.1 Å². The molecule has 2 aromatic rings. The van der Waals surface area contributed by atoms with Gasteiger partial charge in [0.05, 0.1) is 0 Å². The van der Waals surface area contributed by atoms with Crippen molar-refractivity contribution in [3.05, 3.63) is 71.8 Å². The van der Waals surface area contributed by atoms with Gasteiger partial charge in [0.2, 0.25) is 0 Å². The van der Waals surface area contributed by atoms with Crippen LogP contribution in [-0.2, 0) is 4.74 Å². The molecule has 2 aromatic carbocycles. The van der Waals surface area contributed by atoms with E-state index in [1.165, 1.54) is 0 Å². The van der Waals surface area contributed by atoms with Crippen molar-refractivity contribution in [3.63, 3.8) is 0 Å². The molecule has 2 fully saturated rings. The molecular weight excluding hydrogens is 480 g/mol. The summed E-state index contributed by atoms with van der Waals surface area (Å²) in [5.74, 6) is 0.949. The van der Waals surface area contributed by atoms with E-state index in [0.29, 0.717) is 31.1 Å². The lowest BCUT2D eigenvalue weighted by atomic mass is 10.1. The number of hydrogen-bond donors (Lipinski definition) is 2. The van der Waals surface area contributed by atoms with E-state index in [1.807, 2.05) is 91.2 Å². The molecule has 2 atom stereocenters. The number of nitrogens with two attached hydrogens (primary N) is 1. The van der Waals surface area contributed by atoms with E-state index >= 15 is 0 Å². The maximum atomic E-state index is 12.3. The Bertz CT molecular complexity index is 1020. The van der Waals surface area contributed by atoms with Crippen molar-refractivity contribution in [2.24, 2.45) is 17.6 Å². The lowest BCUT2D eigenvalue weighted by molar-refractivity contribution is 0.0519. The number of carbonyl (C=O) groups excluding carboxylic acids is 3. The number of benzene rings is 2. The maximum absolute atomic E-state index is 12.3. The zero-order valence-electron chi connectivity index (χ0n) is 22.2. The molecule has 3 amide bonds. The highest BCUT2D eigenvalue weighted by molar-refractivity contribution is 5.94. The van der Waals surface area contributed by atoms with Gasteiger partial charge in [-0.05, 0) is 76.3 Å². The Balaban J connectivity index is 0.000000277. The molecule has 0 saturated carbocycles. The largest absolute Gasteiger partial charge is 0.444 e. The van der Waals surface area contributed by atoms with Crippen LogP contribution in [0.2, 0.25) is 0 Å². The number of nitrogens with one attached hydrogen (secondary N) is 1. The highest BCUT2D eigenvalue weighted by Gasteiger charge is 2.28. The summed E-state index contributed by atoms with van der Waals surface area (Å²) in [6.07, 6.45) is 1.53. The van der Waals surface area contributed by atoms with Crippen molar-refractivity contribution < 1.29 is 19.1 Å². The molecule has 208 valence electrons. The molecule has 38 heavy (non-hydrogen) atoms. The smallest absolute Gasteiger partial charge is 0.407 e. The average Bonchev–Trinajstić information content (AvgIpc) is 3.57. The van der Waals surface area contributed by atoms with Crippen molar-refractivity contribution in [1.82, 2.24) is 15.1 Å². The van der Waals surface area contributed by atoms with Gasteiger partial charge in [-0.2, -0.15) is 0 Å². The lowest BCUT2D eigenvalue weighted by Crippen LogP contribution is -2.36. The van der Waals surface area contributed by atoms with Crippen LogP contribution in [0.5, 0.6) is 0 Å². The highest BCUT2D eigenvalue weighted by Crippen LogP contribution is 2.19. The second-order valence-corrected chi connectivity index (χ2v) is 10.7. The van der Waals surface area contributed by atoms with Gasteiger partial charge in [-0.25, -0.2) is 4.79 Å². The van der Waals surface area contributed by atoms with Crippen molar-refractivity contribution in [2.45, 2.75) is 46.6 Å². The quantitative estimate of drug-likeness (QED) is 0.603. The first-order valence-corrected chi connectivity index (χ1v) is 13.0. The summed E-state index contributed by atoms with van der Waals surface area (Å²) in [6, 6.07) is 18.7. The number of ether oxygens (including phenoxy) is 1. The number of nitrogens with zero attached hydrogens (tertiary/aromatic N) is 2. The Hall–Kier alpha value is -3.39. The summed E-state index contributed by atoms with van der Waals surface area (Å²) in [7, 11) is 0. The van der Waals surface area contributed by atoms with Gasteiger partial charge in [0.25, 0.3) is 11.8 Å². The summed E-state index contributed by atoms with van der Waals surface area (Å²) >= 11 is 0.